The molecule has 0 fully saturated rings. The zero-order valence-electron chi connectivity index (χ0n) is 9.92. The molecule has 1 aromatic carbocycles. The van der Waals surface area contributed by atoms with Crippen molar-refractivity contribution in [3.63, 3.8) is 0 Å². The minimum atomic E-state index is 0.463. The van der Waals surface area contributed by atoms with Crippen LogP contribution < -0.4 is 0 Å². The molecule has 0 saturated carbocycles. The quantitative estimate of drug-likeness (QED) is 0.691. The molecule has 1 rings (SSSR count). The Bertz CT molecular complexity index is 271. The Morgan fingerprint density at radius 2 is 1.80 bits per heavy atom. The third-order valence-corrected chi connectivity index (χ3v) is 2.92. The van der Waals surface area contributed by atoms with Crippen molar-refractivity contribution < 1.29 is 5.11 Å². The van der Waals surface area contributed by atoms with Gasteiger partial charge in [0.2, 0.25) is 0 Å². The number of aryl methyl sites for hydroxylation is 1. The Labute approximate surface area is 93.1 Å². The molecule has 0 aromatic heterocycles. The number of aromatic hydroxyl groups is 1. The Kier molecular flexibility index (Phi) is 5.23. The molecule has 15 heavy (non-hydrogen) atoms. The van der Waals surface area contributed by atoms with Crippen LogP contribution in [0.3, 0.4) is 0 Å². The van der Waals surface area contributed by atoms with Gasteiger partial charge in [0.1, 0.15) is 5.75 Å². The molecule has 1 nitrogen and oxygen atoms in total. The molecule has 0 atom stereocenters. The Morgan fingerprint density at radius 1 is 1.07 bits per heavy atom. The molecule has 0 heterocycles. The second-order valence-corrected chi connectivity index (χ2v) is 4.24. The van der Waals surface area contributed by atoms with Gasteiger partial charge < -0.3 is 5.11 Å². The molecule has 1 aromatic rings. The minimum Gasteiger partial charge on any atom is -0.508 e. The molecule has 0 aliphatic carbocycles. The summed E-state index contributed by atoms with van der Waals surface area (Å²) in [5.41, 5.74) is 2.35. The highest BCUT2D eigenvalue weighted by Crippen LogP contribution is 2.22. The van der Waals surface area contributed by atoms with Gasteiger partial charge in [-0.25, -0.2) is 0 Å². The number of unbranched alkanes of at least 4 members (excludes halogenated alkanes) is 4. The normalized spacial score (nSPS) is 10.5. The molecule has 0 aliphatic heterocycles. The number of rotatable bonds is 6. The molecule has 0 amide bonds. The lowest BCUT2D eigenvalue weighted by Crippen LogP contribution is -1.90. The van der Waals surface area contributed by atoms with Gasteiger partial charge in [0.15, 0.2) is 0 Å². The molecule has 0 bridgehead atoms. The molecule has 0 unspecified atom stereocenters. The smallest absolute Gasteiger partial charge is 0.119 e. The van der Waals surface area contributed by atoms with Gasteiger partial charge in [-0.3, -0.25) is 0 Å². The summed E-state index contributed by atoms with van der Waals surface area (Å²) < 4.78 is 0. The van der Waals surface area contributed by atoms with Crippen LogP contribution in [0.1, 0.15) is 50.2 Å². The van der Waals surface area contributed by atoms with Crippen molar-refractivity contribution in [3.05, 3.63) is 29.3 Å². The Hall–Kier alpha value is -0.980. The Balaban J connectivity index is 2.37. The SMILES string of the molecule is CCCCCCCc1c(C)cccc1O. The first kappa shape index (κ1) is 12.1. The average Bonchev–Trinajstić information content (AvgIpc) is 2.21. The maximum absolute atomic E-state index is 9.69. The summed E-state index contributed by atoms with van der Waals surface area (Å²) in [5, 5.41) is 9.69. The zero-order valence-corrected chi connectivity index (χ0v) is 9.92. The van der Waals surface area contributed by atoms with Crippen LogP contribution in [-0.4, -0.2) is 5.11 Å². The highest BCUT2D eigenvalue weighted by molar-refractivity contribution is 5.38. The van der Waals surface area contributed by atoms with Crippen molar-refractivity contribution in [1.82, 2.24) is 0 Å². The van der Waals surface area contributed by atoms with Gasteiger partial charge in [0, 0.05) is 0 Å². The lowest BCUT2D eigenvalue weighted by Gasteiger charge is -2.07. The summed E-state index contributed by atoms with van der Waals surface area (Å²) in [6.07, 6.45) is 7.43. The van der Waals surface area contributed by atoms with Gasteiger partial charge in [-0.1, -0.05) is 44.7 Å². The van der Waals surface area contributed by atoms with Crippen molar-refractivity contribution in [3.8, 4) is 5.75 Å². The van der Waals surface area contributed by atoms with Crippen LogP contribution in [0.4, 0.5) is 0 Å². The summed E-state index contributed by atoms with van der Waals surface area (Å²) in [6.45, 7) is 4.30. The second-order valence-electron chi connectivity index (χ2n) is 4.24. The van der Waals surface area contributed by atoms with E-state index in [1.54, 1.807) is 6.07 Å². The van der Waals surface area contributed by atoms with E-state index in [0.29, 0.717) is 5.75 Å². The van der Waals surface area contributed by atoms with Crippen LogP contribution in [0.25, 0.3) is 0 Å². The first-order chi connectivity index (χ1) is 7.25. The van der Waals surface area contributed by atoms with E-state index in [9.17, 15) is 5.11 Å². The van der Waals surface area contributed by atoms with Crippen molar-refractivity contribution in [1.29, 1.82) is 0 Å². The van der Waals surface area contributed by atoms with Gasteiger partial charge in [-0.05, 0) is 37.0 Å². The fourth-order valence-electron chi connectivity index (χ4n) is 1.92. The summed E-state index contributed by atoms with van der Waals surface area (Å²) in [6, 6.07) is 5.76. The van der Waals surface area contributed by atoms with E-state index in [2.05, 4.69) is 19.9 Å². The Morgan fingerprint density at radius 3 is 2.47 bits per heavy atom. The molecule has 0 spiro atoms. The number of phenols is 1. The fourth-order valence-corrected chi connectivity index (χ4v) is 1.92. The molecule has 0 radical (unpaired) electrons. The van der Waals surface area contributed by atoms with Crippen LogP contribution in [0.5, 0.6) is 5.75 Å². The predicted molar refractivity (Wildman–Crippen MR) is 65.3 cm³/mol. The van der Waals surface area contributed by atoms with Gasteiger partial charge in [0.25, 0.3) is 0 Å². The minimum absolute atomic E-state index is 0.463. The molecule has 84 valence electrons. The number of phenolic OH excluding ortho intramolecular Hbond substituents is 1. The number of hydrogen-bond donors (Lipinski definition) is 1. The van der Waals surface area contributed by atoms with Gasteiger partial charge in [0.05, 0.1) is 0 Å². The van der Waals surface area contributed by atoms with E-state index in [1.165, 1.54) is 37.7 Å². The fraction of sp³-hybridized carbons (Fsp3) is 0.571. The van der Waals surface area contributed by atoms with Crippen molar-refractivity contribution >= 4 is 0 Å². The lowest BCUT2D eigenvalue weighted by atomic mass is 10.0. The predicted octanol–water partition coefficient (Wildman–Crippen LogP) is 4.21. The van der Waals surface area contributed by atoms with Crippen LogP contribution in [0, 0.1) is 6.92 Å². The van der Waals surface area contributed by atoms with Gasteiger partial charge in [-0.15, -0.1) is 0 Å². The second kappa shape index (κ2) is 6.49. The van der Waals surface area contributed by atoms with E-state index in [4.69, 9.17) is 0 Å². The van der Waals surface area contributed by atoms with E-state index in [0.717, 1.165) is 12.0 Å². The first-order valence-electron chi connectivity index (χ1n) is 6.03. The standard InChI is InChI=1S/C14H22O/c1-3-4-5-6-7-10-13-12(2)9-8-11-14(13)15/h8-9,11,15H,3-7,10H2,1-2H3. The molecule has 0 aliphatic rings. The van der Waals surface area contributed by atoms with Crippen LogP contribution >= 0.6 is 0 Å². The van der Waals surface area contributed by atoms with E-state index < -0.39 is 0 Å². The third-order valence-electron chi connectivity index (χ3n) is 2.92. The maximum atomic E-state index is 9.69. The highest BCUT2D eigenvalue weighted by atomic mass is 16.3. The summed E-state index contributed by atoms with van der Waals surface area (Å²) in [4.78, 5) is 0. The average molecular weight is 206 g/mol. The summed E-state index contributed by atoms with van der Waals surface area (Å²) in [7, 11) is 0. The van der Waals surface area contributed by atoms with Crippen LogP contribution in [-0.2, 0) is 6.42 Å². The third kappa shape index (κ3) is 3.94. The molecule has 1 N–H and O–H groups in total. The molecular weight excluding hydrogens is 184 g/mol. The van der Waals surface area contributed by atoms with E-state index in [1.807, 2.05) is 6.07 Å². The van der Waals surface area contributed by atoms with Gasteiger partial charge >= 0.3 is 0 Å². The number of benzene rings is 1. The highest BCUT2D eigenvalue weighted by Gasteiger charge is 2.03. The molecule has 0 saturated heterocycles. The van der Waals surface area contributed by atoms with Gasteiger partial charge in [-0.2, -0.15) is 0 Å². The maximum Gasteiger partial charge on any atom is 0.119 e. The molecular formula is C14H22O. The van der Waals surface area contributed by atoms with Crippen LogP contribution in [0.15, 0.2) is 18.2 Å². The van der Waals surface area contributed by atoms with Crippen molar-refractivity contribution in [2.75, 3.05) is 0 Å². The van der Waals surface area contributed by atoms with Crippen LogP contribution in [0.2, 0.25) is 0 Å². The number of hydrogen-bond acceptors (Lipinski definition) is 1. The van der Waals surface area contributed by atoms with Crippen molar-refractivity contribution in [2.24, 2.45) is 0 Å². The summed E-state index contributed by atoms with van der Waals surface area (Å²) >= 11 is 0. The lowest BCUT2D eigenvalue weighted by molar-refractivity contribution is 0.465. The molecule has 1 heteroatoms. The van der Waals surface area contributed by atoms with E-state index in [-0.39, 0.29) is 0 Å². The monoisotopic (exact) mass is 206 g/mol. The zero-order chi connectivity index (χ0) is 11.1. The van der Waals surface area contributed by atoms with E-state index >= 15 is 0 Å². The largest absolute Gasteiger partial charge is 0.508 e. The summed E-state index contributed by atoms with van der Waals surface area (Å²) in [5.74, 6) is 0.463. The topological polar surface area (TPSA) is 20.2 Å². The first-order valence-corrected chi connectivity index (χ1v) is 6.03. The van der Waals surface area contributed by atoms with Crippen molar-refractivity contribution in [2.45, 2.75) is 52.4 Å².